The maximum absolute atomic E-state index is 13.0. The molecule has 0 fully saturated rings. The van der Waals surface area contributed by atoms with Gasteiger partial charge in [-0.15, -0.1) is 0 Å². The van der Waals surface area contributed by atoms with Gasteiger partial charge in [-0.25, -0.2) is 13.6 Å². The van der Waals surface area contributed by atoms with Crippen LogP contribution in [0.3, 0.4) is 0 Å². The number of carboxylic acids is 1. The molecular weight excluding hydrogens is 322 g/mol. The summed E-state index contributed by atoms with van der Waals surface area (Å²) in [5.41, 5.74) is 0.0737. The molecule has 0 bridgehead atoms. The van der Waals surface area contributed by atoms with Crippen molar-refractivity contribution >= 4 is 21.9 Å². The Morgan fingerprint density at radius 2 is 1.74 bits per heavy atom. The molecule has 0 amide bonds. The molecule has 3 nitrogen and oxygen atoms in total. The van der Waals surface area contributed by atoms with Crippen LogP contribution in [0, 0.1) is 11.6 Å². The van der Waals surface area contributed by atoms with Crippen LogP contribution in [0.1, 0.15) is 10.4 Å². The molecule has 0 saturated carbocycles. The lowest BCUT2D eigenvalue weighted by atomic mass is 10.2. The molecule has 0 atom stereocenters. The third-order valence-corrected chi connectivity index (χ3v) is 2.86. The van der Waals surface area contributed by atoms with Crippen LogP contribution in [0.5, 0.6) is 11.5 Å². The van der Waals surface area contributed by atoms with Gasteiger partial charge in [0.05, 0.1) is 10.0 Å². The Bertz CT molecular complexity index is 624. The van der Waals surface area contributed by atoms with E-state index < -0.39 is 17.6 Å². The molecule has 0 spiro atoms. The molecule has 0 aliphatic heterocycles. The van der Waals surface area contributed by atoms with Gasteiger partial charge < -0.3 is 9.84 Å². The van der Waals surface area contributed by atoms with E-state index in [1.807, 2.05) is 0 Å². The average Bonchev–Trinajstić information content (AvgIpc) is 2.30. The first-order chi connectivity index (χ1) is 8.95. The molecule has 2 rings (SSSR count). The van der Waals surface area contributed by atoms with Crippen molar-refractivity contribution in [3.63, 3.8) is 0 Å². The fraction of sp³-hybridized carbons (Fsp3) is 0. The second kappa shape index (κ2) is 5.36. The molecule has 19 heavy (non-hydrogen) atoms. The lowest BCUT2D eigenvalue weighted by Gasteiger charge is -2.08. The molecule has 2 aromatic rings. The highest BCUT2D eigenvalue weighted by Crippen LogP contribution is 2.31. The zero-order valence-electron chi connectivity index (χ0n) is 9.36. The number of ether oxygens (including phenoxy) is 1. The van der Waals surface area contributed by atoms with E-state index in [1.165, 1.54) is 18.2 Å². The van der Waals surface area contributed by atoms with Gasteiger partial charge in [-0.05, 0) is 34.1 Å². The molecule has 0 heterocycles. The molecule has 0 radical (unpaired) electrons. The smallest absolute Gasteiger partial charge is 0.335 e. The quantitative estimate of drug-likeness (QED) is 0.917. The standard InChI is InChI=1S/C13H7BrF2O3/c14-11-3-7(13(17)18)1-2-12(11)19-10-5-8(15)4-9(16)6-10/h1-6H,(H,17,18). The van der Waals surface area contributed by atoms with Gasteiger partial charge in [0.2, 0.25) is 0 Å². The number of carboxylic acid groups (broad SMARTS) is 1. The Balaban J connectivity index is 2.30. The van der Waals surface area contributed by atoms with E-state index in [0.717, 1.165) is 18.2 Å². The second-order valence-electron chi connectivity index (χ2n) is 3.66. The van der Waals surface area contributed by atoms with Crippen LogP contribution in [-0.2, 0) is 0 Å². The predicted molar refractivity (Wildman–Crippen MR) is 67.5 cm³/mol. The van der Waals surface area contributed by atoms with Gasteiger partial charge in [0.25, 0.3) is 0 Å². The minimum atomic E-state index is -1.08. The van der Waals surface area contributed by atoms with Crippen LogP contribution in [0.15, 0.2) is 40.9 Å². The van der Waals surface area contributed by atoms with Crippen LogP contribution < -0.4 is 4.74 Å². The van der Waals surface area contributed by atoms with Crippen molar-refractivity contribution in [2.24, 2.45) is 0 Å². The number of aromatic carboxylic acids is 1. The van der Waals surface area contributed by atoms with E-state index >= 15 is 0 Å². The van der Waals surface area contributed by atoms with Crippen molar-refractivity contribution in [2.75, 3.05) is 0 Å². The van der Waals surface area contributed by atoms with Crippen molar-refractivity contribution in [3.8, 4) is 11.5 Å². The summed E-state index contributed by atoms with van der Waals surface area (Å²) in [7, 11) is 0. The topological polar surface area (TPSA) is 46.5 Å². The minimum absolute atomic E-state index is 0.0127. The van der Waals surface area contributed by atoms with Crippen molar-refractivity contribution in [2.45, 2.75) is 0 Å². The Hall–Kier alpha value is -1.95. The maximum Gasteiger partial charge on any atom is 0.335 e. The zero-order valence-corrected chi connectivity index (χ0v) is 10.9. The molecule has 0 aromatic heterocycles. The highest BCUT2D eigenvalue weighted by molar-refractivity contribution is 9.10. The lowest BCUT2D eigenvalue weighted by Crippen LogP contribution is -1.96. The van der Waals surface area contributed by atoms with Crippen LogP contribution in [-0.4, -0.2) is 11.1 Å². The van der Waals surface area contributed by atoms with E-state index in [-0.39, 0.29) is 17.1 Å². The van der Waals surface area contributed by atoms with E-state index in [2.05, 4.69) is 15.9 Å². The molecule has 0 saturated heterocycles. The third kappa shape index (κ3) is 3.29. The minimum Gasteiger partial charge on any atom is -0.478 e. The van der Waals surface area contributed by atoms with Gasteiger partial charge in [0, 0.05) is 18.2 Å². The van der Waals surface area contributed by atoms with E-state index in [1.54, 1.807) is 0 Å². The highest BCUT2D eigenvalue weighted by atomic mass is 79.9. The summed E-state index contributed by atoms with van der Waals surface area (Å²) >= 11 is 3.13. The maximum atomic E-state index is 13.0. The first kappa shape index (κ1) is 13.5. The van der Waals surface area contributed by atoms with Gasteiger partial charge in [0.15, 0.2) is 0 Å². The van der Waals surface area contributed by atoms with Crippen molar-refractivity contribution in [1.29, 1.82) is 0 Å². The Morgan fingerprint density at radius 1 is 1.11 bits per heavy atom. The summed E-state index contributed by atoms with van der Waals surface area (Å²) in [6, 6.07) is 6.86. The Kier molecular flexibility index (Phi) is 3.80. The Labute approximate surface area is 115 Å². The number of carbonyl (C=O) groups is 1. The van der Waals surface area contributed by atoms with Crippen LogP contribution in [0.2, 0.25) is 0 Å². The zero-order chi connectivity index (χ0) is 14.0. The summed E-state index contributed by atoms with van der Waals surface area (Å²) in [5.74, 6) is -2.35. The summed E-state index contributed by atoms with van der Waals surface area (Å²) in [6.07, 6.45) is 0. The number of hydrogen-bond donors (Lipinski definition) is 1. The van der Waals surface area contributed by atoms with Gasteiger partial charge in [0.1, 0.15) is 23.1 Å². The van der Waals surface area contributed by atoms with E-state index in [0.29, 0.717) is 4.47 Å². The fourth-order valence-corrected chi connectivity index (χ4v) is 1.89. The van der Waals surface area contributed by atoms with Gasteiger partial charge in [-0.3, -0.25) is 0 Å². The molecule has 2 aromatic carbocycles. The number of benzene rings is 2. The fourth-order valence-electron chi connectivity index (χ4n) is 1.43. The lowest BCUT2D eigenvalue weighted by molar-refractivity contribution is 0.0697. The van der Waals surface area contributed by atoms with Crippen molar-refractivity contribution < 1.29 is 23.4 Å². The summed E-state index contributed by atoms with van der Waals surface area (Å²) < 4.78 is 31.6. The highest BCUT2D eigenvalue weighted by Gasteiger charge is 2.09. The number of hydrogen-bond acceptors (Lipinski definition) is 2. The first-order valence-corrected chi connectivity index (χ1v) is 5.92. The number of rotatable bonds is 3. The van der Waals surface area contributed by atoms with Gasteiger partial charge >= 0.3 is 5.97 Å². The molecule has 0 aliphatic carbocycles. The van der Waals surface area contributed by atoms with Crippen molar-refractivity contribution in [3.05, 3.63) is 58.1 Å². The Morgan fingerprint density at radius 3 is 2.26 bits per heavy atom. The number of halogens is 3. The largest absolute Gasteiger partial charge is 0.478 e. The van der Waals surface area contributed by atoms with Crippen LogP contribution >= 0.6 is 15.9 Å². The van der Waals surface area contributed by atoms with Gasteiger partial charge in [-0.1, -0.05) is 0 Å². The van der Waals surface area contributed by atoms with Crippen LogP contribution in [0.25, 0.3) is 0 Å². The van der Waals surface area contributed by atoms with E-state index in [4.69, 9.17) is 9.84 Å². The van der Waals surface area contributed by atoms with Crippen molar-refractivity contribution in [1.82, 2.24) is 0 Å². The van der Waals surface area contributed by atoms with Crippen LogP contribution in [0.4, 0.5) is 8.78 Å². The molecule has 0 unspecified atom stereocenters. The second-order valence-corrected chi connectivity index (χ2v) is 4.51. The average molecular weight is 329 g/mol. The summed E-state index contributed by atoms with van der Waals surface area (Å²) in [5, 5.41) is 8.80. The summed E-state index contributed by atoms with van der Waals surface area (Å²) in [6.45, 7) is 0. The molecular formula is C13H7BrF2O3. The predicted octanol–water partition coefficient (Wildman–Crippen LogP) is 4.22. The molecule has 98 valence electrons. The van der Waals surface area contributed by atoms with E-state index in [9.17, 15) is 13.6 Å². The van der Waals surface area contributed by atoms with Gasteiger partial charge in [-0.2, -0.15) is 0 Å². The summed E-state index contributed by atoms with van der Waals surface area (Å²) in [4.78, 5) is 10.8. The first-order valence-electron chi connectivity index (χ1n) is 5.12. The monoisotopic (exact) mass is 328 g/mol. The third-order valence-electron chi connectivity index (χ3n) is 2.24. The molecule has 0 aliphatic rings. The molecule has 1 N–H and O–H groups in total. The SMILES string of the molecule is O=C(O)c1ccc(Oc2cc(F)cc(F)c2)c(Br)c1. The normalized spacial score (nSPS) is 10.3. The molecule has 6 heteroatoms.